The van der Waals surface area contributed by atoms with E-state index in [4.69, 9.17) is 4.74 Å². The first-order valence-electron chi connectivity index (χ1n) is 7.07. The molecule has 114 valence electrons. The van der Waals surface area contributed by atoms with E-state index in [1.54, 1.807) is 24.3 Å². The number of rotatable bonds is 5. The number of anilines is 1. The van der Waals surface area contributed by atoms with Crippen LogP contribution in [0.15, 0.2) is 42.5 Å². The normalized spacial score (nSPS) is 10.1. The minimum atomic E-state index is -0.234. The quantitative estimate of drug-likeness (QED) is 0.859. The molecule has 0 aliphatic carbocycles. The van der Waals surface area contributed by atoms with Crippen LogP contribution in [0.4, 0.5) is 5.69 Å². The van der Waals surface area contributed by atoms with Crippen LogP contribution in [0.25, 0.3) is 0 Å². The molecule has 0 aliphatic rings. The van der Waals surface area contributed by atoms with E-state index in [9.17, 15) is 9.59 Å². The topological polar surface area (TPSA) is 55.4 Å². The summed E-state index contributed by atoms with van der Waals surface area (Å²) in [5.74, 6) is 0.232. The van der Waals surface area contributed by atoms with Crippen LogP contribution >= 0.6 is 0 Å². The first kappa shape index (κ1) is 15.8. The highest BCUT2D eigenvalue weighted by molar-refractivity contribution is 5.94. The second kappa shape index (κ2) is 6.89. The summed E-state index contributed by atoms with van der Waals surface area (Å²) in [7, 11) is 0. The van der Waals surface area contributed by atoms with Crippen LogP contribution in [0.3, 0.4) is 0 Å². The molecule has 0 fully saturated rings. The molecule has 4 nitrogen and oxygen atoms in total. The summed E-state index contributed by atoms with van der Waals surface area (Å²) in [6, 6.07) is 12.5. The van der Waals surface area contributed by atoms with Crippen molar-refractivity contribution in [1.82, 2.24) is 0 Å². The number of aryl methyl sites for hydroxylation is 1. The van der Waals surface area contributed by atoms with Gasteiger partial charge in [-0.2, -0.15) is 0 Å². The lowest BCUT2D eigenvalue weighted by atomic mass is 10.1. The van der Waals surface area contributed by atoms with Crippen LogP contribution in [-0.4, -0.2) is 18.3 Å². The van der Waals surface area contributed by atoms with Gasteiger partial charge in [0.2, 0.25) is 0 Å². The lowest BCUT2D eigenvalue weighted by molar-refractivity contribution is -0.118. The zero-order valence-electron chi connectivity index (χ0n) is 13.0. The van der Waals surface area contributed by atoms with E-state index in [1.165, 1.54) is 6.92 Å². The summed E-state index contributed by atoms with van der Waals surface area (Å²) in [5, 5.41) is 2.83. The van der Waals surface area contributed by atoms with Crippen molar-refractivity contribution in [1.29, 1.82) is 0 Å². The summed E-state index contributed by atoms with van der Waals surface area (Å²) in [4.78, 5) is 23.3. The van der Waals surface area contributed by atoms with Crippen molar-refractivity contribution in [2.75, 3.05) is 11.9 Å². The number of Topliss-reactive ketones (excluding diaryl/α,β-unsaturated/α-hetero) is 1. The number of amides is 1. The Morgan fingerprint density at radius 2 is 1.82 bits per heavy atom. The van der Waals surface area contributed by atoms with Crippen molar-refractivity contribution in [2.45, 2.75) is 20.8 Å². The summed E-state index contributed by atoms with van der Waals surface area (Å²) in [6.45, 7) is 5.35. The molecule has 0 heterocycles. The van der Waals surface area contributed by atoms with Gasteiger partial charge in [-0.1, -0.05) is 24.3 Å². The van der Waals surface area contributed by atoms with E-state index in [2.05, 4.69) is 5.32 Å². The van der Waals surface area contributed by atoms with Crippen LogP contribution in [0.1, 0.15) is 28.4 Å². The number of nitrogens with one attached hydrogen (secondary N) is 1. The second-order valence-electron chi connectivity index (χ2n) is 5.17. The maximum absolute atomic E-state index is 12.0. The Morgan fingerprint density at radius 3 is 2.55 bits per heavy atom. The molecule has 0 aromatic heterocycles. The molecule has 1 N–H and O–H groups in total. The van der Waals surface area contributed by atoms with Crippen molar-refractivity contribution in [2.24, 2.45) is 0 Å². The van der Waals surface area contributed by atoms with Gasteiger partial charge in [0.1, 0.15) is 5.75 Å². The molecule has 0 atom stereocenters. The average Bonchev–Trinajstić information content (AvgIpc) is 2.50. The minimum Gasteiger partial charge on any atom is -0.484 e. The molecule has 0 radical (unpaired) electrons. The molecular weight excluding hydrogens is 278 g/mol. The van der Waals surface area contributed by atoms with Crippen molar-refractivity contribution in [3.05, 3.63) is 59.2 Å². The molecule has 2 aromatic carbocycles. The van der Waals surface area contributed by atoms with Gasteiger partial charge in [-0.05, 0) is 50.1 Å². The summed E-state index contributed by atoms with van der Waals surface area (Å²) < 4.78 is 5.44. The zero-order valence-corrected chi connectivity index (χ0v) is 13.0. The number of ether oxygens (including phenoxy) is 1. The molecule has 0 spiro atoms. The fourth-order valence-corrected chi connectivity index (χ4v) is 2.03. The summed E-state index contributed by atoms with van der Waals surface area (Å²) in [5.41, 5.74) is 3.50. The van der Waals surface area contributed by atoms with Crippen molar-refractivity contribution in [3.8, 4) is 5.75 Å². The van der Waals surface area contributed by atoms with Gasteiger partial charge in [-0.3, -0.25) is 9.59 Å². The number of hydrogen-bond acceptors (Lipinski definition) is 3. The van der Waals surface area contributed by atoms with Gasteiger partial charge < -0.3 is 10.1 Å². The number of ketones is 1. The first-order valence-corrected chi connectivity index (χ1v) is 7.07. The number of benzene rings is 2. The highest BCUT2D eigenvalue weighted by Crippen LogP contribution is 2.18. The first-order chi connectivity index (χ1) is 10.5. The molecule has 0 saturated heterocycles. The van der Waals surface area contributed by atoms with E-state index in [0.29, 0.717) is 11.3 Å². The third kappa shape index (κ3) is 3.95. The van der Waals surface area contributed by atoms with Crippen LogP contribution in [-0.2, 0) is 4.79 Å². The molecule has 0 bridgehead atoms. The molecule has 1 amide bonds. The lowest BCUT2D eigenvalue weighted by Gasteiger charge is -2.11. The minimum absolute atomic E-state index is 0.0368. The third-order valence-corrected chi connectivity index (χ3v) is 3.49. The second-order valence-corrected chi connectivity index (χ2v) is 5.17. The Kier molecular flexibility index (Phi) is 4.94. The Morgan fingerprint density at radius 1 is 1.09 bits per heavy atom. The van der Waals surface area contributed by atoms with E-state index in [-0.39, 0.29) is 18.3 Å². The van der Waals surface area contributed by atoms with Crippen molar-refractivity contribution in [3.63, 3.8) is 0 Å². The molecule has 0 unspecified atom stereocenters. The Labute approximate surface area is 130 Å². The van der Waals surface area contributed by atoms with Crippen LogP contribution in [0.2, 0.25) is 0 Å². The van der Waals surface area contributed by atoms with Gasteiger partial charge in [0.15, 0.2) is 12.4 Å². The van der Waals surface area contributed by atoms with Gasteiger partial charge in [-0.25, -0.2) is 0 Å². The Balaban J connectivity index is 1.97. The highest BCUT2D eigenvalue weighted by Gasteiger charge is 2.07. The zero-order chi connectivity index (χ0) is 16.1. The van der Waals surface area contributed by atoms with Crippen LogP contribution < -0.4 is 10.1 Å². The van der Waals surface area contributed by atoms with Gasteiger partial charge in [0, 0.05) is 11.3 Å². The molecule has 4 heteroatoms. The maximum atomic E-state index is 12.0. The van der Waals surface area contributed by atoms with Gasteiger partial charge >= 0.3 is 0 Å². The lowest BCUT2D eigenvalue weighted by Crippen LogP contribution is -2.20. The Hall–Kier alpha value is -2.62. The molecule has 0 aliphatic heterocycles. The Bertz CT molecular complexity index is 707. The molecule has 0 saturated carbocycles. The molecule has 2 aromatic rings. The van der Waals surface area contributed by atoms with Crippen LogP contribution in [0.5, 0.6) is 5.75 Å². The van der Waals surface area contributed by atoms with E-state index in [1.807, 2.05) is 32.0 Å². The molecular formula is C18H19NO3. The maximum Gasteiger partial charge on any atom is 0.262 e. The predicted octanol–water partition coefficient (Wildman–Crippen LogP) is 3.52. The van der Waals surface area contributed by atoms with E-state index in [0.717, 1.165) is 16.8 Å². The van der Waals surface area contributed by atoms with Gasteiger partial charge in [0.05, 0.1) is 0 Å². The monoisotopic (exact) mass is 297 g/mol. The molecule has 2 rings (SSSR count). The summed E-state index contributed by atoms with van der Waals surface area (Å²) in [6.07, 6.45) is 0. The average molecular weight is 297 g/mol. The fraction of sp³-hybridized carbons (Fsp3) is 0.222. The predicted molar refractivity (Wildman–Crippen MR) is 86.5 cm³/mol. The van der Waals surface area contributed by atoms with Crippen molar-refractivity contribution >= 4 is 17.4 Å². The van der Waals surface area contributed by atoms with Crippen molar-refractivity contribution < 1.29 is 14.3 Å². The third-order valence-electron chi connectivity index (χ3n) is 3.49. The SMILES string of the molecule is CC(=O)c1cccc(OCC(=O)Nc2cccc(C)c2C)c1. The van der Waals surface area contributed by atoms with E-state index < -0.39 is 0 Å². The van der Waals surface area contributed by atoms with E-state index >= 15 is 0 Å². The number of carbonyl (C=O) groups excluding carboxylic acids is 2. The van der Waals surface area contributed by atoms with Gasteiger partial charge in [0.25, 0.3) is 5.91 Å². The standard InChI is InChI=1S/C18H19NO3/c1-12-6-4-9-17(13(12)2)19-18(21)11-22-16-8-5-7-15(10-16)14(3)20/h4-10H,11H2,1-3H3,(H,19,21). The molecule has 22 heavy (non-hydrogen) atoms. The smallest absolute Gasteiger partial charge is 0.262 e. The summed E-state index contributed by atoms with van der Waals surface area (Å²) >= 11 is 0. The number of carbonyl (C=O) groups is 2. The fourth-order valence-electron chi connectivity index (χ4n) is 2.03. The number of hydrogen-bond donors (Lipinski definition) is 1. The largest absolute Gasteiger partial charge is 0.484 e. The highest BCUT2D eigenvalue weighted by atomic mass is 16.5. The van der Waals surface area contributed by atoms with Crippen LogP contribution in [0, 0.1) is 13.8 Å². The van der Waals surface area contributed by atoms with Gasteiger partial charge in [-0.15, -0.1) is 0 Å².